The van der Waals surface area contributed by atoms with Crippen LogP contribution in [0.5, 0.6) is 5.75 Å². The minimum Gasteiger partial charge on any atom is -0.495 e. The fourth-order valence-corrected chi connectivity index (χ4v) is 4.93. The molecule has 2 aromatic carbocycles. The smallest absolute Gasteiger partial charge is 0.406 e. The fraction of sp³-hybridized carbons (Fsp3) is 0.433. The van der Waals surface area contributed by atoms with Crippen molar-refractivity contribution in [3.63, 3.8) is 0 Å². The Labute approximate surface area is 236 Å². The first-order chi connectivity index (χ1) is 19.6. The van der Waals surface area contributed by atoms with Crippen LogP contribution in [0.15, 0.2) is 42.5 Å². The summed E-state index contributed by atoms with van der Waals surface area (Å²) in [5, 5.41) is 6.86. The molecule has 220 valence electrons. The van der Waals surface area contributed by atoms with E-state index in [2.05, 4.69) is 22.5 Å². The van der Waals surface area contributed by atoms with Crippen molar-refractivity contribution < 1.29 is 31.8 Å². The number of carbonyl (C=O) groups is 1. The molecule has 0 radical (unpaired) electrons. The van der Waals surface area contributed by atoms with Crippen LogP contribution in [0.25, 0.3) is 10.9 Å². The van der Waals surface area contributed by atoms with Gasteiger partial charge in [0.2, 0.25) is 0 Å². The predicted molar refractivity (Wildman–Crippen MR) is 151 cm³/mol. The van der Waals surface area contributed by atoms with Crippen molar-refractivity contribution in [2.45, 2.75) is 45.2 Å². The average Bonchev–Trinajstić information content (AvgIpc) is 3.28. The number of benzene rings is 2. The number of hydrogen-bond donors (Lipinski definition) is 2. The minimum atomic E-state index is -4.46. The molecule has 1 aliphatic rings. The number of esters is 1. The molecule has 4 rings (SSSR count). The Bertz CT molecular complexity index is 1430. The van der Waals surface area contributed by atoms with Gasteiger partial charge < -0.3 is 29.6 Å². The number of nitrogens with one attached hydrogen (secondary N) is 2. The molecule has 0 unspecified atom stereocenters. The van der Waals surface area contributed by atoms with Gasteiger partial charge in [-0.3, -0.25) is 0 Å². The van der Waals surface area contributed by atoms with E-state index in [9.17, 15) is 22.4 Å². The van der Waals surface area contributed by atoms with Gasteiger partial charge >= 0.3 is 12.1 Å². The number of likely N-dealkylation sites (tertiary alicyclic amines) is 1. The second-order valence-electron chi connectivity index (χ2n) is 9.71. The minimum absolute atomic E-state index is 0.104. The van der Waals surface area contributed by atoms with Gasteiger partial charge in [0.1, 0.15) is 18.5 Å². The first-order valence-electron chi connectivity index (χ1n) is 13.5. The Balaban J connectivity index is 1.57. The van der Waals surface area contributed by atoms with Crippen molar-refractivity contribution >= 4 is 28.2 Å². The van der Waals surface area contributed by atoms with Gasteiger partial charge in [-0.2, -0.15) is 13.2 Å². The molecule has 0 bridgehead atoms. The van der Waals surface area contributed by atoms with Gasteiger partial charge in [0.15, 0.2) is 0 Å². The summed E-state index contributed by atoms with van der Waals surface area (Å²) in [5.74, 6) is 5.67. The molecule has 0 saturated carbocycles. The van der Waals surface area contributed by atoms with Crippen LogP contribution in [0.2, 0.25) is 0 Å². The van der Waals surface area contributed by atoms with Crippen molar-refractivity contribution in [1.82, 2.24) is 9.47 Å². The highest BCUT2D eigenvalue weighted by Gasteiger charge is 2.31. The highest BCUT2D eigenvalue weighted by Crippen LogP contribution is 2.32. The van der Waals surface area contributed by atoms with Gasteiger partial charge in [-0.15, -0.1) is 0 Å². The third kappa shape index (κ3) is 7.44. The maximum atomic E-state index is 14.9. The number of nitrogens with zero attached hydrogens (tertiary/aromatic N) is 2. The van der Waals surface area contributed by atoms with Crippen LogP contribution in [-0.4, -0.2) is 73.7 Å². The normalized spacial score (nSPS) is 17.5. The van der Waals surface area contributed by atoms with Crippen LogP contribution in [0.4, 0.5) is 28.9 Å². The second kappa shape index (κ2) is 13.2. The van der Waals surface area contributed by atoms with Crippen molar-refractivity contribution in [3.05, 3.63) is 53.7 Å². The lowest BCUT2D eigenvalue weighted by atomic mass is 10.0. The number of piperidine rings is 1. The maximum Gasteiger partial charge on any atom is 0.406 e. The molecule has 2 atom stereocenters. The molecule has 3 aromatic rings. The van der Waals surface area contributed by atoms with E-state index < -0.39 is 30.9 Å². The van der Waals surface area contributed by atoms with Gasteiger partial charge in [0.05, 0.1) is 48.8 Å². The zero-order chi connectivity index (χ0) is 29.6. The van der Waals surface area contributed by atoms with Crippen LogP contribution < -0.4 is 15.4 Å². The molecule has 41 heavy (non-hydrogen) atoms. The van der Waals surface area contributed by atoms with E-state index in [4.69, 9.17) is 9.47 Å². The number of alkyl halides is 4. The molecule has 2 N–H and O–H groups in total. The zero-order valence-electron chi connectivity index (χ0n) is 23.3. The summed E-state index contributed by atoms with van der Waals surface area (Å²) in [5.41, 5.74) is 2.02. The second-order valence-corrected chi connectivity index (χ2v) is 9.71. The Morgan fingerprint density at radius 2 is 1.95 bits per heavy atom. The number of anilines is 2. The van der Waals surface area contributed by atoms with E-state index in [0.29, 0.717) is 46.6 Å². The quantitative estimate of drug-likeness (QED) is 0.194. The standard InChI is InChI=1S/C30H34F4N4O3/c1-4-37-15-13-25(23(31)18-37)36-24-9-6-10-27-22(24)17-21(38(27)19-30(32,33)34)8-7-14-35-26-12-11-20(16-28(26)40-3)29(39)41-5-2/h6,9-12,16-17,23,25,35-36H,4-5,13-15,18-19H2,1-3H3/t23-,25+/m1/s1. The lowest BCUT2D eigenvalue weighted by Crippen LogP contribution is -2.47. The zero-order valence-corrected chi connectivity index (χ0v) is 23.3. The SMILES string of the molecule is CCOC(=O)c1ccc(NCC#Cc2cc3c(N[C@H]4CCN(CC)C[C@H]4F)cccc3n2CC(F)(F)F)c(OC)c1. The number of rotatable bonds is 9. The first-order valence-corrected chi connectivity index (χ1v) is 13.5. The monoisotopic (exact) mass is 574 g/mol. The lowest BCUT2D eigenvalue weighted by Gasteiger charge is -2.35. The van der Waals surface area contributed by atoms with Crippen LogP contribution >= 0.6 is 0 Å². The number of carbonyl (C=O) groups excluding carboxylic acids is 1. The summed E-state index contributed by atoms with van der Waals surface area (Å²) >= 11 is 0. The molecule has 2 heterocycles. The van der Waals surface area contributed by atoms with Gasteiger partial charge in [-0.05, 0) is 62.2 Å². The topological polar surface area (TPSA) is 67.8 Å². The summed E-state index contributed by atoms with van der Waals surface area (Å²) in [7, 11) is 1.46. The molecular weight excluding hydrogens is 540 g/mol. The Morgan fingerprint density at radius 1 is 1.15 bits per heavy atom. The van der Waals surface area contributed by atoms with Gasteiger partial charge in [-0.25, -0.2) is 9.18 Å². The third-order valence-corrected chi connectivity index (χ3v) is 6.99. The summed E-state index contributed by atoms with van der Waals surface area (Å²) in [6.45, 7) is 4.68. The number of halogens is 4. The van der Waals surface area contributed by atoms with Gasteiger partial charge in [0.25, 0.3) is 0 Å². The summed E-state index contributed by atoms with van der Waals surface area (Å²) < 4.78 is 67.0. The molecule has 1 fully saturated rings. The molecule has 1 saturated heterocycles. The maximum absolute atomic E-state index is 14.9. The van der Waals surface area contributed by atoms with Crippen LogP contribution in [0.3, 0.4) is 0 Å². The number of ether oxygens (including phenoxy) is 2. The van der Waals surface area contributed by atoms with Crippen LogP contribution in [0, 0.1) is 11.8 Å². The average molecular weight is 575 g/mol. The predicted octanol–water partition coefficient (Wildman–Crippen LogP) is 5.70. The summed E-state index contributed by atoms with van der Waals surface area (Å²) in [4.78, 5) is 14.0. The van der Waals surface area contributed by atoms with Crippen LogP contribution in [-0.2, 0) is 11.3 Å². The molecular formula is C30H34F4N4O3. The molecule has 7 nitrogen and oxygen atoms in total. The summed E-state index contributed by atoms with van der Waals surface area (Å²) in [6.07, 6.45) is -4.96. The number of methoxy groups -OCH3 is 1. The van der Waals surface area contributed by atoms with E-state index in [1.54, 1.807) is 43.3 Å². The molecule has 0 amide bonds. The van der Waals surface area contributed by atoms with Crippen molar-refractivity contribution in [2.75, 3.05) is 50.5 Å². The highest BCUT2D eigenvalue weighted by atomic mass is 19.4. The Morgan fingerprint density at radius 3 is 2.63 bits per heavy atom. The summed E-state index contributed by atoms with van der Waals surface area (Å²) in [6, 6.07) is 11.0. The van der Waals surface area contributed by atoms with E-state index in [0.717, 1.165) is 17.7 Å². The van der Waals surface area contributed by atoms with E-state index in [1.165, 1.54) is 13.2 Å². The first kappa shape index (κ1) is 30.1. The van der Waals surface area contributed by atoms with Crippen molar-refractivity contribution in [1.29, 1.82) is 0 Å². The third-order valence-electron chi connectivity index (χ3n) is 6.99. The highest BCUT2D eigenvalue weighted by molar-refractivity contribution is 5.94. The largest absolute Gasteiger partial charge is 0.495 e. The van der Waals surface area contributed by atoms with E-state index in [-0.39, 0.29) is 18.8 Å². The molecule has 1 aliphatic heterocycles. The molecule has 11 heteroatoms. The van der Waals surface area contributed by atoms with Crippen molar-refractivity contribution in [3.8, 4) is 17.6 Å². The number of aromatic nitrogens is 1. The number of fused-ring (bicyclic) bond motifs is 1. The van der Waals surface area contributed by atoms with Gasteiger partial charge in [-0.1, -0.05) is 18.9 Å². The Hall–Kier alpha value is -3.91. The fourth-order valence-electron chi connectivity index (χ4n) is 4.93. The molecule has 0 aliphatic carbocycles. The molecule has 0 spiro atoms. The van der Waals surface area contributed by atoms with Crippen molar-refractivity contribution in [2.24, 2.45) is 0 Å². The Kier molecular flexibility index (Phi) is 9.65. The van der Waals surface area contributed by atoms with Crippen LogP contribution in [0.1, 0.15) is 36.3 Å². The number of hydrogen-bond acceptors (Lipinski definition) is 6. The van der Waals surface area contributed by atoms with Gasteiger partial charge in [0, 0.05) is 24.2 Å². The molecule has 1 aromatic heterocycles. The van der Waals surface area contributed by atoms with E-state index in [1.807, 2.05) is 11.8 Å². The lowest BCUT2D eigenvalue weighted by molar-refractivity contribution is -0.140. The van der Waals surface area contributed by atoms with E-state index >= 15 is 0 Å².